The second-order valence-corrected chi connectivity index (χ2v) is 11.0. The third-order valence-corrected chi connectivity index (χ3v) is 9.43. The molecule has 24 heavy (non-hydrogen) atoms. The van der Waals surface area contributed by atoms with Crippen molar-refractivity contribution in [1.29, 1.82) is 0 Å². The number of carbonyl (C=O) groups excluding carboxylic acids is 1. The molecule has 0 heterocycles. The lowest BCUT2D eigenvalue weighted by molar-refractivity contribution is -0.129. The van der Waals surface area contributed by atoms with Gasteiger partial charge in [-0.25, -0.2) is 0 Å². The number of ketones is 1. The average Bonchev–Trinajstić information content (AvgIpc) is 2.89. The van der Waals surface area contributed by atoms with Gasteiger partial charge in [-0.2, -0.15) is 11.8 Å². The fraction of sp³-hybridized carbons (Fsp3) is 0.667. The summed E-state index contributed by atoms with van der Waals surface area (Å²) in [5, 5.41) is 0. The number of thioether (sulfide) groups is 2. The van der Waals surface area contributed by atoms with Gasteiger partial charge in [-0.05, 0) is 86.3 Å². The van der Waals surface area contributed by atoms with E-state index in [4.69, 9.17) is 0 Å². The molecule has 1 unspecified atom stereocenters. The molecule has 1 aromatic carbocycles. The molecule has 1 nitrogen and oxygen atoms in total. The Bertz CT molecular complexity index is 655. The Morgan fingerprint density at radius 2 is 2.04 bits per heavy atom. The normalized spacial score (nSPS) is 36.0. The van der Waals surface area contributed by atoms with Crippen LogP contribution in [0.25, 0.3) is 0 Å². The smallest absolute Gasteiger partial charge is 0.139 e. The molecule has 0 amide bonds. The Balaban J connectivity index is 1.60. The van der Waals surface area contributed by atoms with E-state index in [1.54, 1.807) is 11.1 Å². The minimum absolute atomic E-state index is 0.00223. The molecule has 3 aliphatic rings. The first kappa shape index (κ1) is 17.0. The largest absolute Gasteiger partial charge is 0.299 e. The summed E-state index contributed by atoms with van der Waals surface area (Å²) in [5.41, 5.74) is 3.19. The van der Waals surface area contributed by atoms with E-state index < -0.39 is 0 Å². The monoisotopic (exact) mass is 360 g/mol. The van der Waals surface area contributed by atoms with Gasteiger partial charge in [0, 0.05) is 16.7 Å². The first-order valence-electron chi connectivity index (χ1n) is 9.38. The number of rotatable bonds is 3. The third kappa shape index (κ3) is 2.67. The molecule has 1 aromatic rings. The van der Waals surface area contributed by atoms with Crippen LogP contribution in [0.1, 0.15) is 63.0 Å². The molecule has 0 spiro atoms. The molecule has 0 N–H and O–H groups in total. The van der Waals surface area contributed by atoms with Crippen LogP contribution >= 0.6 is 23.5 Å². The zero-order valence-corrected chi connectivity index (χ0v) is 16.6. The van der Waals surface area contributed by atoms with Gasteiger partial charge in [-0.15, -0.1) is 11.8 Å². The molecule has 3 aliphatic carbocycles. The summed E-state index contributed by atoms with van der Waals surface area (Å²) in [7, 11) is 0. The fourth-order valence-electron chi connectivity index (χ4n) is 5.64. The summed E-state index contributed by atoms with van der Waals surface area (Å²) in [4.78, 5) is 13.8. The van der Waals surface area contributed by atoms with E-state index in [1.165, 1.54) is 24.2 Å². The van der Waals surface area contributed by atoms with Crippen molar-refractivity contribution in [3.63, 3.8) is 0 Å². The minimum atomic E-state index is 0.00223. The third-order valence-electron chi connectivity index (χ3n) is 7.04. The van der Waals surface area contributed by atoms with Crippen molar-refractivity contribution >= 4 is 29.3 Å². The predicted octanol–water partition coefficient (Wildman–Crippen LogP) is 5.91. The summed E-state index contributed by atoms with van der Waals surface area (Å²) >= 11 is 3.90. The molecular weight excluding hydrogens is 332 g/mol. The lowest BCUT2D eigenvalue weighted by Gasteiger charge is -2.48. The van der Waals surface area contributed by atoms with Crippen LogP contribution in [0.4, 0.5) is 0 Å². The van der Waals surface area contributed by atoms with Crippen LogP contribution in [0.3, 0.4) is 0 Å². The van der Waals surface area contributed by atoms with E-state index >= 15 is 0 Å². The number of hydrogen-bond acceptors (Lipinski definition) is 3. The van der Waals surface area contributed by atoms with Gasteiger partial charge in [0.25, 0.3) is 0 Å². The second-order valence-electron chi connectivity index (χ2n) is 8.12. The summed E-state index contributed by atoms with van der Waals surface area (Å²) in [6.45, 7) is 4.55. The number of Topliss-reactive ketones (excluding diaryl/α,β-unsaturated/α-hetero) is 1. The van der Waals surface area contributed by atoms with Gasteiger partial charge in [-0.1, -0.05) is 13.0 Å². The SMILES string of the molecule is CSC(C)Sc1ccc2c(c1)CC[C@@H]1[C@@H]2CC[C@]2(C)C(=O)CC[C@@H]12. The number of carbonyl (C=O) groups is 1. The summed E-state index contributed by atoms with van der Waals surface area (Å²) in [6.07, 6.45) is 8.98. The Labute approximate surface area is 154 Å². The standard InChI is InChI=1S/C21H28OS2/c1-13(23-3)24-15-5-7-16-14(12-15)4-6-18-17(16)10-11-21(2)19(18)8-9-20(21)22/h5,7,12-13,17-19H,4,6,8-11H2,1-3H3/t13?,17-,18-,19+,21+/m1/s1. The Morgan fingerprint density at radius 3 is 2.83 bits per heavy atom. The second kappa shape index (κ2) is 6.39. The van der Waals surface area contributed by atoms with Crippen molar-refractivity contribution in [1.82, 2.24) is 0 Å². The van der Waals surface area contributed by atoms with Crippen LogP contribution in [0.15, 0.2) is 23.1 Å². The molecule has 0 bridgehead atoms. The molecule has 5 atom stereocenters. The van der Waals surface area contributed by atoms with Crippen LogP contribution in [0.2, 0.25) is 0 Å². The van der Waals surface area contributed by atoms with E-state index in [9.17, 15) is 4.79 Å². The molecule has 130 valence electrons. The highest BCUT2D eigenvalue weighted by atomic mass is 32.2. The first-order chi connectivity index (χ1) is 11.5. The van der Waals surface area contributed by atoms with Gasteiger partial charge < -0.3 is 0 Å². The van der Waals surface area contributed by atoms with E-state index in [1.807, 2.05) is 23.5 Å². The van der Waals surface area contributed by atoms with Crippen LogP contribution in [0.5, 0.6) is 0 Å². The number of fused-ring (bicyclic) bond motifs is 5. The van der Waals surface area contributed by atoms with Crippen LogP contribution in [0, 0.1) is 17.3 Å². The number of benzene rings is 1. The number of hydrogen-bond donors (Lipinski definition) is 0. The van der Waals surface area contributed by atoms with E-state index in [-0.39, 0.29) is 5.41 Å². The van der Waals surface area contributed by atoms with Gasteiger partial charge >= 0.3 is 0 Å². The lowest BCUT2D eigenvalue weighted by Crippen LogP contribution is -2.42. The number of aryl methyl sites for hydroxylation is 1. The van der Waals surface area contributed by atoms with Gasteiger partial charge in [0.1, 0.15) is 5.78 Å². The van der Waals surface area contributed by atoms with Crippen LogP contribution in [-0.2, 0) is 11.2 Å². The summed E-state index contributed by atoms with van der Waals surface area (Å²) in [6, 6.07) is 7.21. The summed E-state index contributed by atoms with van der Waals surface area (Å²) in [5.74, 6) is 2.64. The topological polar surface area (TPSA) is 17.1 Å². The highest BCUT2D eigenvalue weighted by Crippen LogP contribution is 2.59. The Hall–Kier alpha value is -0.410. The molecule has 0 aliphatic heterocycles. The van der Waals surface area contributed by atoms with Crippen LogP contribution < -0.4 is 0 Å². The minimum Gasteiger partial charge on any atom is -0.299 e. The maximum atomic E-state index is 12.4. The molecule has 0 saturated heterocycles. The maximum absolute atomic E-state index is 12.4. The zero-order valence-electron chi connectivity index (χ0n) is 15.0. The van der Waals surface area contributed by atoms with Gasteiger partial charge in [0.2, 0.25) is 0 Å². The van der Waals surface area contributed by atoms with Crippen LogP contribution in [-0.4, -0.2) is 16.6 Å². The Morgan fingerprint density at radius 1 is 1.21 bits per heavy atom. The fourth-order valence-corrected chi connectivity index (χ4v) is 7.10. The first-order valence-corrected chi connectivity index (χ1v) is 11.6. The van der Waals surface area contributed by atoms with Crippen molar-refractivity contribution in [2.75, 3.05) is 6.26 Å². The summed E-state index contributed by atoms with van der Waals surface area (Å²) < 4.78 is 0.610. The highest BCUT2D eigenvalue weighted by Gasteiger charge is 2.54. The zero-order chi connectivity index (χ0) is 16.9. The van der Waals surface area contributed by atoms with Gasteiger partial charge in [0.05, 0.1) is 4.58 Å². The van der Waals surface area contributed by atoms with Crippen molar-refractivity contribution in [3.05, 3.63) is 29.3 Å². The molecule has 2 fully saturated rings. The van der Waals surface area contributed by atoms with Gasteiger partial charge in [0.15, 0.2) is 0 Å². The van der Waals surface area contributed by atoms with Crippen molar-refractivity contribution in [3.8, 4) is 0 Å². The van der Waals surface area contributed by atoms with Crippen molar-refractivity contribution < 1.29 is 4.79 Å². The lowest BCUT2D eigenvalue weighted by atomic mass is 9.55. The van der Waals surface area contributed by atoms with E-state index in [0.717, 1.165) is 25.2 Å². The predicted molar refractivity (Wildman–Crippen MR) is 105 cm³/mol. The molecule has 2 saturated carbocycles. The molecular formula is C21H28OS2. The quantitative estimate of drug-likeness (QED) is 0.492. The molecule has 0 aromatic heterocycles. The van der Waals surface area contributed by atoms with E-state index in [0.29, 0.717) is 22.2 Å². The molecule has 4 rings (SSSR count). The maximum Gasteiger partial charge on any atom is 0.139 e. The molecule has 3 heteroatoms. The highest BCUT2D eigenvalue weighted by molar-refractivity contribution is 8.16. The Kier molecular flexibility index (Phi) is 4.53. The average molecular weight is 361 g/mol. The van der Waals surface area contributed by atoms with E-state index in [2.05, 4.69) is 38.3 Å². The van der Waals surface area contributed by atoms with Gasteiger partial charge in [-0.3, -0.25) is 4.79 Å². The van der Waals surface area contributed by atoms with Crippen molar-refractivity contribution in [2.24, 2.45) is 17.3 Å². The van der Waals surface area contributed by atoms with Crippen molar-refractivity contribution in [2.45, 2.75) is 67.8 Å². The molecule has 0 radical (unpaired) electrons.